The number of rotatable bonds is 2. The van der Waals surface area contributed by atoms with Crippen LogP contribution in [0.3, 0.4) is 0 Å². The summed E-state index contributed by atoms with van der Waals surface area (Å²) in [6, 6.07) is 0. The van der Waals surface area contributed by atoms with Gasteiger partial charge in [0.1, 0.15) is 5.44 Å². The first kappa shape index (κ1) is 11.7. The molecule has 78 valence electrons. The van der Waals surface area contributed by atoms with Gasteiger partial charge in [-0.05, 0) is 0 Å². The molecule has 1 aliphatic heterocycles. The molecule has 13 heavy (non-hydrogen) atoms. The molecule has 0 aliphatic carbocycles. The minimum absolute atomic E-state index is 0.174. The van der Waals surface area contributed by atoms with Gasteiger partial charge in [-0.25, -0.2) is 0 Å². The Morgan fingerprint density at radius 1 is 1.38 bits per heavy atom. The number of thioether (sulfide) groups is 2. The maximum Gasteiger partial charge on any atom is 0.160 e. The van der Waals surface area contributed by atoms with E-state index in [0.29, 0.717) is 0 Å². The fourth-order valence-corrected chi connectivity index (χ4v) is 3.31. The van der Waals surface area contributed by atoms with Gasteiger partial charge in [0.25, 0.3) is 0 Å². The average Bonchev–Trinajstić information content (AvgIpc) is 2.04. The van der Waals surface area contributed by atoms with Gasteiger partial charge in [0.15, 0.2) is 6.29 Å². The monoisotopic (exact) mass is 222 g/mol. The van der Waals surface area contributed by atoms with E-state index in [9.17, 15) is 5.11 Å². The van der Waals surface area contributed by atoms with Crippen LogP contribution in [0.4, 0.5) is 0 Å². The van der Waals surface area contributed by atoms with Crippen LogP contribution < -0.4 is 0 Å². The Morgan fingerprint density at radius 2 is 2.08 bits per heavy atom. The number of hydrogen-bond acceptors (Lipinski definition) is 4. The average molecular weight is 222 g/mol. The lowest BCUT2D eigenvalue weighted by atomic mass is 9.96. The number of aliphatic hydroxyl groups is 1. The minimum Gasteiger partial charge on any atom is -0.367 e. The van der Waals surface area contributed by atoms with Crippen LogP contribution in [-0.4, -0.2) is 34.1 Å². The van der Waals surface area contributed by atoms with Crippen molar-refractivity contribution in [3.8, 4) is 0 Å². The van der Waals surface area contributed by atoms with Crippen molar-refractivity contribution in [2.45, 2.75) is 32.5 Å². The van der Waals surface area contributed by atoms with E-state index >= 15 is 0 Å². The van der Waals surface area contributed by atoms with E-state index in [1.54, 1.807) is 11.8 Å². The molecule has 1 rings (SSSR count). The summed E-state index contributed by atoms with van der Waals surface area (Å²) in [6.45, 7) is 5.95. The molecule has 0 amide bonds. The molecule has 0 radical (unpaired) electrons. The lowest BCUT2D eigenvalue weighted by molar-refractivity contribution is -0.163. The zero-order chi connectivity index (χ0) is 9.90. The van der Waals surface area contributed by atoms with Gasteiger partial charge >= 0.3 is 0 Å². The number of aliphatic hydroxyl groups excluding tert-OH is 1. The van der Waals surface area contributed by atoms with Crippen LogP contribution in [0.1, 0.15) is 20.8 Å². The Hall–Kier alpha value is 0.620. The van der Waals surface area contributed by atoms with Gasteiger partial charge in [-0.1, -0.05) is 20.8 Å². The van der Waals surface area contributed by atoms with Crippen molar-refractivity contribution in [2.75, 3.05) is 17.3 Å². The highest BCUT2D eigenvalue weighted by Gasteiger charge is 2.27. The second-order valence-electron chi connectivity index (χ2n) is 4.23. The second kappa shape index (κ2) is 4.91. The van der Waals surface area contributed by atoms with Gasteiger partial charge in [0.2, 0.25) is 0 Å². The fourth-order valence-electron chi connectivity index (χ4n) is 0.893. The highest BCUT2D eigenvalue weighted by molar-refractivity contribution is 8.06. The summed E-state index contributed by atoms with van der Waals surface area (Å²) >= 11 is 3.70. The van der Waals surface area contributed by atoms with Gasteiger partial charge in [-0.2, -0.15) is 11.8 Å². The van der Waals surface area contributed by atoms with Crippen LogP contribution in [0, 0.1) is 5.41 Å². The van der Waals surface area contributed by atoms with E-state index < -0.39 is 6.29 Å². The molecule has 4 heteroatoms. The first-order valence-electron chi connectivity index (χ1n) is 4.53. The summed E-state index contributed by atoms with van der Waals surface area (Å²) in [4.78, 5) is 0. The SMILES string of the molecule is CC(C)(C)C(O)OC1CSCCS1. The summed E-state index contributed by atoms with van der Waals surface area (Å²) in [5, 5.41) is 9.69. The van der Waals surface area contributed by atoms with Gasteiger partial charge in [0, 0.05) is 22.7 Å². The smallest absolute Gasteiger partial charge is 0.160 e. The van der Waals surface area contributed by atoms with Gasteiger partial charge in [0.05, 0.1) is 0 Å². The summed E-state index contributed by atoms with van der Waals surface area (Å²) < 4.78 is 5.55. The molecule has 2 atom stereocenters. The summed E-state index contributed by atoms with van der Waals surface area (Å²) in [5.74, 6) is 3.33. The highest BCUT2D eigenvalue weighted by Crippen LogP contribution is 2.29. The first-order chi connectivity index (χ1) is 6.00. The molecule has 1 saturated heterocycles. The van der Waals surface area contributed by atoms with Crippen molar-refractivity contribution in [3.05, 3.63) is 0 Å². The lowest BCUT2D eigenvalue weighted by Gasteiger charge is -2.31. The molecule has 0 saturated carbocycles. The van der Waals surface area contributed by atoms with E-state index in [4.69, 9.17) is 4.74 Å². The summed E-state index contributed by atoms with van der Waals surface area (Å²) in [7, 11) is 0. The van der Waals surface area contributed by atoms with E-state index in [-0.39, 0.29) is 10.9 Å². The van der Waals surface area contributed by atoms with Crippen LogP contribution in [0.15, 0.2) is 0 Å². The lowest BCUT2D eigenvalue weighted by Crippen LogP contribution is -2.34. The summed E-state index contributed by atoms with van der Waals surface area (Å²) in [5.41, 5.74) is -0.00385. The largest absolute Gasteiger partial charge is 0.367 e. The Bertz CT molecular complexity index is 150. The Labute approximate surface area is 88.8 Å². The number of ether oxygens (including phenoxy) is 1. The number of hydrogen-bond donors (Lipinski definition) is 1. The third-order valence-electron chi connectivity index (χ3n) is 1.81. The first-order valence-corrected chi connectivity index (χ1v) is 6.73. The Balaban J connectivity index is 2.30. The molecule has 0 bridgehead atoms. The van der Waals surface area contributed by atoms with Crippen molar-refractivity contribution < 1.29 is 9.84 Å². The van der Waals surface area contributed by atoms with Gasteiger partial charge in [-0.3, -0.25) is 0 Å². The van der Waals surface area contributed by atoms with Crippen LogP contribution in [0.2, 0.25) is 0 Å². The third kappa shape index (κ3) is 4.11. The van der Waals surface area contributed by atoms with Crippen LogP contribution in [0.25, 0.3) is 0 Å². The van der Waals surface area contributed by atoms with E-state index in [0.717, 1.165) is 11.5 Å². The predicted molar refractivity (Wildman–Crippen MR) is 60.1 cm³/mol. The third-order valence-corrected chi connectivity index (χ3v) is 4.40. The molecule has 1 heterocycles. The molecule has 0 spiro atoms. The Morgan fingerprint density at radius 3 is 2.54 bits per heavy atom. The minimum atomic E-state index is -0.649. The molecule has 1 aliphatic rings. The fraction of sp³-hybridized carbons (Fsp3) is 1.00. The highest BCUT2D eigenvalue weighted by atomic mass is 32.2. The van der Waals surface area contributed by atoms with Crippen LogP contribution >= 0.6 is 23.5 Å². The maximum absolute atomic E-state index is 9.69. The predicted octanol–water partition coefficient (Wildman–Crippen LogP) is 2.17. The molecule has 0 aromatic carbocycles. The molecule has 2 unspecified atom stereocenters. The summed E-state index contributed by atoms with van der Waals surface area (Å²) in [6.07, 6.45) is -0.649. The van der Waals surface area contributed by atoms with Crippen LogP contribution in [-0.2, 0) is 4.74 Å². The molecular weight excluding hydrogens is 204 g/mol. The van der Waals surface area contributed by atoms with Crippen molar-refractivity contribution in [2.24, 2.45) is 5.41 Å². The molecule has 1 N–H and O–H groups in total. The van der Waals surface area contributed by atoms with Crippen molar-refractivity contribution >= 4 is 23.5 Å². The van der Waals surface area contributed by atoms with Crippen LogP contribution in [0.5, 0.6) is 0 Å². The topological polar surface area (TPSA) is 29.5 Å². The molecular formula is C9H18O2S2. The Kier molecular flexibility index (Phi) is 4.42. The molecule has 0 aromatic heterocycles. The van der Waals surface area contributed by atoms with Gasteiger partial charge in [-0.15, -0.1) is 11.8 Å². The normalized spacial score (nSPS) is 27.2. The van der Waals surface area contributed by atoms with E-state index in [1.165, 1.54) is 5.75 Å². The standard InChI is InChI=1S/C9H18O2S2/c1-9(2,3)8(10)11-7-6-12-4-5-13-7/h7-8,10H,4-6H2,1-3H3. The van der Waals surface area contributed by atoms with E-state index in [1.807, 2.05) is 32.5 Å². The zero-order valence-corrected chi connectivity index (χ0v) is 10.1. The van der Waals surface area contributed by atoms with Crippen molar-refractivity contribution in [1.82, 2.24) is 0 Å². The van der Waals surface area contributed by atoms with E-state index in [2.05, 4.69) is 0 Å². The second-order valence-corrected chi connectivity index (χ2v) is 6.65. The quantitative estimate of drug-likeness (QED) is 0.725. The molecule has 1 fully saturated rings. The molecule has 0 aromatic rings. The molecule has 2 nitrogen and oxygen atoms in total. The maximum atomic E-state index is 9.69. The van der Waals surface area contributed by atoms with Gasteiger partial charge < -0.3 is 9.84 Å². The van der Waals surface area contributed by atoms with Crippen molar-refractivity contribution in [1.29, 1.82) is 0 Å². The zero-order valence-electron chi connectivity index (χ0n) is 8.45. The van der Waals surface area contributed by atoms with Crippen molar-refractivity contribution in [3.63, 3.8) is 0 Å².